The molecule has 0 saturated carbocycles. The lowest BCUT2D eigenvalue weighted by molar-refractivity contribution is -0.113. The van der Waals surface area contributed by atoms with E-state index in [9.17, 15) is 14.0 Å². The fourth-order valence-electron chi connectivity index (χ4n) is 2.42. The lowest BCUT2D eigenvalue weighted by Crippen LogP contribution is -2.34. The summed E-state index contributed by atoms with van der Waals surface area (Å²) in [6.45, 7) is 1.98. The van der Waals surface area contributed by atoms with Crippen LogP contribution >= 0.6 is 11.8 Å². The minimum absolute atomic E-state index is 0.0564. The van der Waals surface area contributed by atoms with Crippen molar-refractivity contribution in [3.63, 3.8) is 0 Å². The molecule has 1 heterocycles. The summed E-state index contributed by atoms with van der Waals surface area (Å²) in [5.41, 5.74) is 2.14. The Morgan fingerprint density at radius 1 is 1.21 bits per heavy atom. The van der Waals surface area contributed by atoms with Crippen LogP contribution in [0.15, 0.2) is 58.5 Å². The summed E-state index contributed by atoms with van der Waals surface area (Å²) in [5.74, 6) is 4.93. The van der Waals surface area contributed by atoms with Gasteiger partial charge < -0.3 is 11.2 Å². The zero-order valence-corrected chi connectivity index (χ0v) is 15.9. The second kappa shape index (κ2) is 8.66. The Morgan fingerprint density at radius 3 is 2.68 bits per heavy atom. The highest BCUT2D eigenvalue weighted by molar-refractivity contribution is 7.99. The van der Waals surface area contributed by atoms with E-state index in [0.717, 1.165) is 27.6 Å². The molecule has 0 atom stereocenters. The third-order valence-corrected chi connectivity index (χ3v) is 4.80. The highest BCUT2D eigenvalue weighted by atomic mass is 32.2. The second-order valence-electron chi connectivity index (χ2n) is 6.11. The topological polar surface area (TPSA) is 103 Å². The number of nitrogen functional groups attached to an aromatic ring is 1. The number of thioether (sulfide) groups is 1. The molecule has 144 valence electrons. The molecule has 3 rings (SSSR count). The highest BCUT2D eigenvalue weighted by Crippen LogP contribution is 2.14. The molecule has 2 aromatic carbocycles. The molecule has 0 aliphatic carbocycles. The van der Waals surface area contributed by atoms with Crippen LogP contribution in [0.2, 0.25) is 0 Å². The predicted octanol–water partition coefficient (Wildman–Crippen LogP) is 2.12. The normalized spacial score (nSPS) is 10.6. The Balaban J connectivity index is 1.64. The van der Waals surface area contributed by atoms with Gasteiger partial charge in [-0.05, 0) is 30.7 Å². The van der Waals surface area contributed by atoms with Crippen LogP contribution in [0.4, 0.5) is 10.1 Å². The first-order chi connectivity index (χ1) is 13.4. The van der Waals surface area contributed by atoms with Gasteiger partial charge in [0.2, 0.25) is 11.1 Å². The van der Waals surface area contributed by atoms with Crippen molar-refractivity contribution >= 4 is 23.4 Å². The first kappa shape index (κ1) is 19.6. The van der Waals surface area contributed by atoms with Crippen molar-refractivity contribution in [2.45, 2.75) is 18.5 Å². The number of carbonyl (C=O) groups is 1. The van der Waals surface area contributed by atoms with E-state index in [1.807, 2.05) is 31.2 Å². The first-order valence-corrected chi connectivity index (χ1v) is 9.38. The molecule has 0 spiro atoms. The minimum atomic E-state index is -0.469. The van der Waals surface area contributed by atoms with Gasteiger partial charge in [-0.2, -0.15) is 4.68 Å². The lowest BCUT2D eigenvalue weighted by Gasteiger charge is -2.08. The van der Waals surface area contributed by atoms with Gasteiger partial charge in [-0.15, -0.1) is 10.2 Å². The number of aryl methyl sites for hydroxylation is 1. The summed E-state index contributed by atoms with van der Waals surface area (Å²) in [5, 5.41) is 10.6. The van der Waals surface area contributed by atoms with Crippen molar-refractivity contribution in [2.75, 3.05) is 16.9 Å². The summed E-state index contributed by atoms with van der Waals surface area (Å²) >= 11 is 0.968. The van der Waals surface area contributed by atoms with E-state index in [0.29, 0.717) is 12.1 Å². The average molecular weight is 399 g/mol. The number of carbonyl (C=O) groups excluding carboxylic acids is 1. The van der Waals surface area contributed by atoms with Gasteiger partial charge in [0.15, 0.2) is 0 Å². The zero-order valence-electron chi connectivity index (χ0n) is 15.1. The molecule has 28 heavy (non-hydrogen) atoms. The Bertz CT molecular complexity index is 1050. The molecule has 1 aromatic heterocycles. The van der Waals surface area contributed by atoms with Gasteiger partial charge in [-0.1, -0.05) is 47.7 Å². The lowest BCUT2D eigenvalue weighted by atomic mass is 10.1. The molecule has 0 aliphatic rings. The largest absolute Gasteiger partial charge is 0.334 e. The third kappa shape index (κ3) is 4.95. The fraction of sp³-hybridized carbons (Fsp3) is 0.158. The van der Waals surface area contributed by atoms with Crippen molar-refractivity contribution in [2.24, 2.45) is 0 Å². The number of rotatable bonds is 6. The summed E-state index contributed by atoms with van der Waals surface area (Å²) in [6.07, 6.45) is 0.314. The van der Waals surface area contributed by atoms with E-state index in [1.165, 1.54) is 18.2 Å². The van der Waals surface area contributed by atoms with Gasteiger partial charge in [0.25, 0.3) is 5.56 Å². The summed E-state index contributed by atoms with van der Waals surface area (Å²) < 4.78 is 14.0. The van der Waals surface area contributed by atoms with Gasteiger partial charge >= 0.3 is 0 Å². The van der Waals surface area contributed by atoms with Crippen molar-refractivity contribution in [1.29, 1.82) is 0 Å². The van der Waals surface area contributed by atoms with E-state index in [2.05, 4.69) is 15.5 Å². The number of amides is 1. The SMILES string of the molecule is Cc1ccc(Cc2nnc(SCC(=O)Nc3cccc(F)c3)n(N)c2=O)cc1. The Labute approximate surface area is 164 Å². The van der Waals surface area contributed by atoms with Crippen LogP contribution in [0.1, 0.15) is 16.8 Å². The number of nitrogens with two attached hydrogens (primary N) is 1. The number of aromatic nitrogens is 3. The second-order valence-corrected chi connectivity index (χ2v) is 7.06. The van der Waals surface area contributed by atoms with Crippen molar-refractivity contribution < 1.29 is 9.18 Å². The van der Waals surface area contributed by atoms with Gasteiger partial charge in [-0.3, -0.25) is 9.59 Å². The molecule has 7 nitrogen and oxygen atoms in total. The summed E-state index contributed by atoms with van der Waals surface area (Å²) in [6, 6.07) is 13.3. The highest BCUT2D eigenvalue weighted by Gasteiger charge is 2.13. The third-order valence-electron chi connectivity index (χ3n) is 3.86. The first-order valence-electron chi connectivity index (χ1n) is 8.40. The van der Waals surface area contributed by atoms with Crippen LogP contribution in [0, 0.1) is 12.7 Å². The Kier molecular flexibility index (Phi) is 6.05. The van der Waals surface area contributed by atoms with Crippen LogP contribution < -0.4 is 16.7 Å². The van der Waals surface area contributed by atoms with E-state index >= 15 is 0 Å². The van der Waals surface area contributed by atoms with Crippen molar-refractivity contribution in [3.8, 4) is 0 Å². The van der Waals surface area contributed by atoms with E-state index in [4.69, 9.17) is 5.84 Å². The standard InChI is InChI=1S/C19H18FN5O2S/c1-12-5-7-13(8-6-12)9-16-18(27)25(21)19(24-23-16)28-11-17(26)22-15-4-2-3-14(20)10-15/h2-8,10H,9,11,21H2,1H3,(H,22,26). The maximum atomic E-state index is 13.2. The summed E-state index contributed by atoms with van der Waals surface area (Å²) in [4.78, 5) is 24.4. The molecule has 0 fully saturated rings. The Morgan fingerprint density at radius 2 is 1.96 bits per heavy atom. The molecular weight excluding hydrogens is 381 g/mol. The minimum Gasteiger partial charge on any atom is -0.334 e. The molecular formula is C19H18FN5O2S. The molecule has 3 N–H and O–H groups in total. The van der Waals surface area contributed by atoms with Crippen molar-refractivity contribution in [1.82, 2.24) is 14.9 Å². The number of anilines is 1. The fourth-order valence-corrected chi connectivity index (χ4v) is 3.07. The molecule has 1 amide bonds. The maximum Gasteiger partial charge on any atom is 0.294 e. The number of halogens is 1. The smallest absolute Gasteiger partial charge is 0.294 e. The molecule has 0 aliphatic heterocycles. The van der Waals surface area contributed by atoms with E-state index in [1.54, 1.807) is 6.07 Å². The molecule has 0 bridgehead atoms. The zero-order chi connectivity index (χ0) is 20.1. The van der Waals surface area contributed by atoms with Gasteiger partial charge in [-0.25, -0.2) is 4.39 Å². The van der Waals surface area contributed by atoms with Crippen LogP contribution in [-0.4, -0.2) is 26.5 Å². The van der Waals surface area contributed by atoms with Gasteiger partial charge in [0, 0.05) is 12.1 Å². The average Bonchev–Trinajstić information content (AvgIpc) is 2.66. The number of hydrogen-bond donors (Lipinski definition) is 2. The molecule has 0 radical (unpaired) electrons. The van der Waals surface area contributed by atoms with Crippen LogP contribution in [-0.2, 0) is 11.2 Å². The van der Waals surface area contributed by atoms with Crippen LogP contribution in [0.25, 0.3) is 0 Å². The molecule has 9 heteroatoms. The monoisotopic (exact) mass is 399 g/mol. The maximum absolute atomic E-state index is 13.2. The number of nitrogens with zero attached hydrogens (tertiary/aromatic N) is 3. The van der Waals surface area contributed by atoms with Crippen LogP contribution in [0.5, 0.6) is 0 Å². The number of hydrogen-bond acceptors (Lipinski definition) is 6. The van der Waals surface area contributed by atoms with Crippen LogP contribution in [0.3, 0.4) is 0 Å². The predicted molar refractivity (Wildman–Crippen MR) is 106 cm³/mol. The number of nitrogens with one attached hydrogen (secondary N) is 1. The van der Waals surface area contributed by atoms with Crippen molar-refractivity contribution in [3.05, 3.63) is 81.5 Å². The summed E-state index contributed by atoms with van der Waals surface area (Å²) in [7, 11) is 0. The molecule has 3 aromatic rings. The van der Waals surface area contributed by atoms with Gasteiger partial charge in [0.05, 0.1) is 5.75 Å². The molecule has 0 saturated heterocycles. The number of benzene rings is 2. The van der Waals surface area contributed by atoms with E-state index < -0.39 is 11.4 Å². The molecule has 0 unspecified atom stereocenters. The Hall–Kier alpha value is -3.20. The quantitative estimate of drug-likeness (QED) is 0.486. The van der Waals surface area contributed by atoms with Gasteiger partial charge in [0.1, 0.15) is 11.5 Å². The van der Waals surface area contributed by atoms with E-state index in [-0.39, 0.29) is 22.5 Å².